The van der Waals surface area contributed by atoms with E-state index in [4.69, 9.17) is 0 Å². The number of nitrogens with zero attached hydrogens (tertiary/aromatic N) is 1. The molecule has 2 N–H and O–H groups in total. The van der Waals surface area contributed by atoms with Gasteiger partial charge in [0.15, 0.2) is 0 Å². The zero-order valence-corrected chi connectivity index (χ0v) is 10.5. The summed E-state index contributed by atoms with van der Waals surface area (Å²) in [5, 5.41) is 8.16. The van der Waals surface area contributed by atoms with Gasteiger partial charge in [-0.05, 0) is 37.6 Å². The van der Waals surface area contributed by atoms with Crippen molar-refractivity contribution in [2.75, 3.05) is 18.4 Å². The lowest BCUT2D eigenvalue weighted by Gasteiger charge is -2.23. The summed E-state index contributed by atoms with van der Waals surface area (Å²) in [6, 6.07) is 13.0. The molecule has 94 valence electrons. The van der Waals surface area contributed by atoms with E-state index in [1.807, 2.05) is 12.1 Å². The molecule has 3 heteroatoms. The van der Waals surface area contributed by atoms with Crippen LogP contribution in [-0.2, 0) is 0 Å². The topological polar surface area (TPSA) is 37.0 Å². The van der Waals surface area contributed by atoms with Crippen molar-refractivity contribution in [1.82, 2.24) is 10.3 Å². The third-order valence-electron chi connectivity index (χ3n) is 3.54. The number of hydrogen-bond donors (Lipinski definition) is 2. The quantitative estimate of drug-likeness (QED) is 0.867. The van der Waals surface area contributed by atoms with E-state index in [9.17, 15) is 0 Å². The average molecular weight is 241 g/mol. The van der Waals surface area contributed by atoms with Crippen molar-refractivity contribution >= 4 is 16.7 Å². The van der Waals surface area contributed by atoms with Gasteiger partial charge in [-0.15, -0.1) is 0 Å². The molecule has 1 fully saturated rings. The van der Waals surface area contributed by atoms with Crippen LogP contribution in [-0.4, -0.2) is 24.1 Å². The zero-order valence-electron chi connectivity index (χ0n) is 10.5. The third-order valence-corrected chi connectivity index (χ3v) is 3.54. The van der Waals surface area contributed by atoms with Crippen molar-refractivity contribution < 1.29 is 0 Å². The van der Waals surface area contributed by atoms with Crippen LogP contribution in [0.2, 0.25) is 0 Å². The largest absolute Gasteiger partial charge is 0.368 e. The predicted octanol–water partition coefficient (Wildman–Crippen LogP) is 2.79. The summed E-state index contributed by atoms with van der Waals surface area (Å²) in [6.45, 7) is 2.11. The molecule has 2 aromatic rings. The highest BCUT2D eigenvalue weighted by Crippen LogP contribution is 2.15. The van der Waals surface area contributed by atoms with Gasteiger partial charge in [0.1, 0.15) is 5.82 Å². The molecule has 1 aromatic heterocycles. The minimum atomic E-state index is 0.590. The lowest BCUT2D eigenvalue weighted by Crippen LogP contribution is -2.39. The first-order valence-electron chi connectivity index (χ1n) is 6.75. The van der Waals surface area contributed by atoms with Crippen molar-refractivity contribution in [3.05, 3.63) is 36.4 Å². The Labute approximate surface area is 108 Å². The van der Waals surface area contributed by atoms with Gasteiger partial charge in [-0.1, -0.05) is 24.6 Å². The first kappa shape index (κ1) is 11.5. The number of fused-ring (bicyclic) bond motifs is 1. The van der Waals surface area contributed by atoms with E-state index < -0.39 is 0 Å². The van der Waals surface area contributed by atoms with Gasteiger partial charge in [-0.25, -0.2) is 4.98 Å². The maximum atomic E-state index is 4.62. The fourth-order valence-electron chi connectivity index (χ4n) is 2.49. The second-order valence-corrected chi connectivity index (χ2v) is 4.92. The summed E-state index contributed by atoms with van der Waals surface area (Å²) in [5.74, 6) is 0.973. The minimum absolute atomic E-state index is 0.590. The van der Waals surface area contributed by atoms with Gasteiger partial charge >= 0.3 is 0 Å². The molecule has 1 saturated heterocycles. The molecule has 3 rings (SSSR count). The average Bonchev–Trinajstić information content (AvgIpc) is 2.46. The normalized spacial score (nSPS) is 19.9. The van der Waals surface area contributed by atoms with Gasteiger partial charge in [0.25, 0.3) is 0 Å². The van der Waals surface area contributed by atoms with Gasteiger partial charge in [0.05, 0.1) is 5.52 Å². The van der Waals surface area contributed by atoms with Crippen molar-refractivity contribution in [2.24, 2.45) is 0 Å². The second kappa shape index (κ2) is 5.36. The van der Waals surface area contributed by atoms with Crippen molar-refractivity contribution in [1.29, 1.82) is 0 Å². The van der Waals surface area contributed by atoms with E-state index in [2.05, 4.69) is 39.9 Å². The van der Waals surface area contributed by atoms with Crippen LogP contribution in [0.15, 0.2) is 36.4 Å². The number of anilines is 1. The van der Waals surface area contributed by atoms with E-state index in [1.54, 1.807) is 0 Å². The van der Waals surface area contributed by atoms with Gasteiger partial charge in [0, 0.05) is 18.0 Å². The SMILES string of the molecule is c1ccc2nc(NCC3CCCCN3)ccc2c1. The summed E-state index contributed by atoms with van der Waals surface area (Å²) in [6.07, 6.45) is 3.91. The lowest BCUT2D eigenvalue weighted by molar-refractivity contribution is 0.414. The van der Waals surface area contributed by atoms with Crippen LogP contribution in [0.4, 0.5) is 5.82 Å². The Morgan fingerprint density at radius 2 is 2.11 bits per heavy atom. The van der Waals surface area contributed by atoms with Crippen molar-refractivity contribution in [3.63, 3.8) is 0 Å². The van der Waals surface area contributed by atoms with Crippen LogP contribution in [0.1, 0.15) is 19.3 Å². The molecular weight excluding hydrogens is 222 g/mol. The van der Waals surface area contributed by atoms with E-state index >= 15 is 0 Å². The molecule has 1 aliphatic rings. The molecule has 1 aliphatic heterocycles. The molecule has 0 saturated carbocycles. The zero-order chi connectivity index (χ0) is 12.2. The standard InChI is InChI=1S/C15H19N3/c1-2-7-14-12(5-1)8-9-15(18-14)17-11-13-6-3-4-10-16-13/h1-2,5,7-9,13,16H,3-4,6,10-11H2,(H,17,18). The molecule has 3 nitrogen and oxygen atoms in total. The van der Waals surface area contributed by atoms with Crippen LogP contribution >= 0.6 is 0 Å². The summed E-state index contributed by atoms with van der Waals surface area (Å²) in [5.41, 5.74) is 1.05. The predicted molar refractivity (Wildman–Crippen MR) is 75.9 cm³/mol. The van der Waals surface area contributed by atoms with Crippen LogP contribution in [0, 0.1) is 0 Å². The van der Waals surface area contributed by atoms with E-state index in [-0.39, 0.29) is 0 Å². The van der Waals surface area contributed by atoms with Crippen LogP contribution < -0.4 is 10.6 Å². The van der Waals surface area contributed by atoms with Crippen LogP contribution in [0.3, 0.4) is 0 Å². The number of nitrogens with one attached hydrogen (secondary N) is 2. The number of benzene rings is 1. The van der Waals surface area contributed by atoms with Gasteiger partial charge < -0.3 is 10.6 Å². The monoisotopic (exact) mass is 241 g/mol. The Bertz CT molecular complexity index is 518. The minimum Gasteiger partial charge on any atom is -0.368 e. The molecule has 18 heavy (non-hydrogen) atoms. The molecule has 1 aromatic carbocycles. The maximum Gasteiger partial charge on any atom is 0.126 e. The highest BCUT2D eigenvalue weighted by Gasteiger charge is 2.11. The molecule has 1 atom stereocenters. The Hall–Kier alpha value is -1.61. The second-order valence-electron chi connectivity index (χ2n) is 4.92. The fraction of sp³-hybridized carbons (Fsp3) is 0.400. The highest BCUT2D eigenvalue weighted by molar-refractivity contribution is 5.80. The van der Waals surface area contributed by atoms with E-state index in [0.717, 1.165) is 24.4 Å². The molecule has 2 heterocycles. The number of para-hydroxylation sites is 1. The molecule has 0 radical (unpaired) electrons. The first-order chi connectivity index (χ1) is 8.92. The van der Waals surface area contributed by atoms with Crippen LogP contribution in [0.5, 0.6) is 0 Å². The number of rotatable bonds is 3. The number of pyridine rings is 1. The van der Waals surface area contributed by atoms with Gasteiger partial charge in [0.2, 0.25) is 0 Å². The lowest BCUT2D eigenvalue weighted by atomic mass is 10.1. The molecule has 0 spiro atoms. The van der Waals surface area contributed by atoms with Gasteiger partial charge in [-0.3, -0.25) is 0 Å². The molecule has 0 aliphatic carbocycles. The smallest absolute Gasteiger partial charge is 0.126 e. The van der Waals surface area contributed by atoms with Gasteiger partial charge in [-0.2, -0.15) is 0 Å². The Morgan fingerprint density at radius 3 is 3.00 bits per heavy atom. The summed E-state index contributed by atoms with van der Waals surface area (Å²) >= 11 is 0. The van der Waals surface area contributed by atoms with Crippen molar-refractivity contribution in [3.8, 4) is 0 Å². The maximum absolute atomic E-state index is 4.62. The number of aromatic nitrogens is 1. The Balaban J connectivity index is 1.66. The molecule has 0 bridgehead atoms. The number of piperidine rings is 1. The summed E-state index contributed by atoms with van der Waals surface area (Å²) in [7, 11) is 0. The molecule has 1 unspecified atom stereocenters. The highest BCUT2D eigenvalue weighted by atomic mass is 15.0. The Morgan fingerprint density at radius 1 is 1.17 bits per heavy atom. The Kier molecular flexibility index (Phi) is 3.42. The first-order valence-corrected chi connectivity index (χ1v) is 6.75. The van der Waals surface area contributed by atoms with Crippen molar-refractivity contribution in [2.45, 2.75) is 25.3 Å². The molecular formula is C15H19N3. The number of hydrogen-bond acceptors (Lipinski definition) is 3. The summed E-state index contributed by atoms with van der Waals surface area (Å²) in [4.78, 5) is 4.62. The van der Waals surface area contributed by atoms with E-state index in [1.165, 1.54) is 24.6 Å². The summed E-state index contributed by atoms with van der Waals surface area (Å²) < 4.78 is 0. The van der Waals surface area contributed by atoms with E-state index in [0.29, 0.717) is 6.04 Å². The molecule has 0 amide bonds. The van der Waals surface area contributed by atoms with Crippen LogP contribution in [0.25, 0.3) is 10.9 Å². The third kappa shape index (κ3) is 2.62. The fourth-order valence-corrected chi connectivity index (χ4v) is 2.49.